The number of amides is 1. The van der Waals surface area contributed by atoms with Crippen LogP contribution in [0.3, 0.4) is 0 Å². The van der Waals surface area contributed by atoms with Gasteiger partial charge in [-0.3, -0.25) is 4.79 Å². The number of hydrogen-bond donors (Lipinski definition) is 0. The number of morpholine rings is 1. The predicted molar refractivity (Wildman–Crippen MR) is 72.5 cm³/mol. The molecule has 1 aliphatic rings. The molecule has 1 heterocycles. The molecule has 0 N–H and O–H groups in total. The van der Waals surface area contributed by atoms with Crippen LogP contribution in [0.25, 0.3) is 6.08 Å². The second-order valence-corrected chi connectivity index (χ2v) is 4.83. The van der Waals surface area contributed by atoms with E-state index < -0.39 is 5.82 Å². The molecule has 19 heavy (non-hydrogen) atoms. The summed E-state index contributed by atoms with van der Waals surface area (Å²) < 4.78 is 19.3. The summed E-state index contributed by atoms with van der Waals surface area (Å²) in [4.78, 5) is 14.0. The number of halogens is 1. The lowest BCUT2D eigenvalue weighted by Gasteiger charge is -2.31. The Bertz CT molecular complexity index is 513. The molecule has 1 aromatic rings. The van der Waals surface area contributed by atoms with Gasteiger partial charge in [-0.1, -0.05) is 12.7 Å². The molecule has 4 heteroatoms. The number of benzene rings is 1. The van der Waals surface area contributed by atoms with Crippen molar-refractivity contribution >= 4 is 12.0 Å². The van der Waals surface area contributed by atoms with E-state index in [9.17, 15) is 9.18 Å². The van der Waals surface area contributed by atoms with Crippen LogP contribution in [-0.2, 0) is 4.74 Å². The third-order valence-electron chi connectivity index (χ3n) is 3.33. The van der Waals surface area contributed by atoms with Crippen molar-refractivity contribution < 1.29 is 13.9 Å². The van der Waals surface area contributed by atoms with Gasteiger partial charge in [0.25, 0.3) is 5.91 Å². The number of carbonyl (C=O) groups is 1. The summed E-state index contributed by atoms with van der Waals surface area (Å²) in [7, 11) is 0. The fourth-order valence-electron chi connectivity index (χ4n) is 2.25. The minimum Gasteiger partial charge on any atom is -0.375 e. The molecule has 0 aliphatic carbocycles. The average Bonchev–Trinajstić information content (AvgIpc) is 2.38. The lowest BCUT2D eigenvalue weighted by Crippen LogP contribution is -2.44. The summed E-state index contributed by atoms with van der Waals surface area (Å²) in [5, 5.41) is 0. The third kappa shape index (κ3) is 2.84. The Morgan fingerprint density at radius 1 is 1.58 bits per heavy atom. The van der Waals surface area contributed by atoms with Gasteiger partial charge in [0, 0.05) is 13.1 Å². The zero-order chi connectivity index (χ0) is 14.0. The molecule has 1 saturated heterocycles. The van der Waals surface area contributed by atoms with Crippen molar-refractivity contribution in [3.8, 4) is 0 Å². The highest BCUT2D eigenvalue weighted by Crippen LogP contribution is 2.19. The Labute approximate surface area is 112 Å². The van der Waals surface area contributed by atoms with E-state index in [1.807, 2.05) is 6.92 Å². The highest BCUT2D eigenvalue weighted by molar-refractivity contribution is 5.95. The Balaban J connectivity index is 2.30. The minimum atomic E-state index is -0.479. The van der Waals surface area contributed by atoms with Gasteiger partial charge in [-0.15, -0.1) is 0 Å². The van der Waals surface area contributed by atoms with Gasteiger partial charge in [0.1, 0.15) is 5.82 Å². The number of rotatable bonds is 2. The van der Waals surface area contributed by atoms with Crippen LogP contribution in [0.1, 0.15) is 28.4 Å². The number of hydrogen-bond acceptors (Lipinski definition) is 2. The molecule has 0 saturated carbocycles. The van der Waals surface area contributed by atoms with Crippen LogP contribution >= 0.6 is 0 Å². The molecule has 0 radical (unpaired) electrons. The van der Waals surface area contributed by atoms with Gasteiger partial charge in [-0.2, -0.15) is 0 Å². The van der Waals surface area contributed by atoms with Gasteiger partial charge in [-0.25, -0.2) is 4.39 Å². The summed E-state index contributed by atoms with van der Waals surface area (Å²) in [6.07, 6.45) is 1.62. The van der Waals surface area contributed by atoms with Gasteiger partial charge >= 0.3 is 0 Å². The molecule has 1 amide bonds. The van der Waals surface area contributed by atoms with Crippen LogP contribution in [0.4, 0.5) is 4.39 Å². The third-order valence-corrected chi connectivity index (χ3v) is 3.33. The van der Waals surface area contributed by atoms with Crippen LogP contribution in [0.5, 0.6) is 0 Å². The Kier molecular flexibility index (Phi) is 4.00. The summed E-state index contributed by atoms with van der Waals surface area (Å²) >= 11 is 0. The zero-order valence-corrected chi connectivity index (χ0v) is 11.3. The number of aryl methyl sites for hydroxylation is 1. The molecule has 1 aliphatic heterocycles. The smallest absolute Gasteiger partial charge is 0.257 e. The first kappa shape index (κ1) is 13.7. The van der Waals surface area contributed by atoms with Crippen molar-refractivity contribution in [3.05, 3.63) is 41.2 Å². The molecule has 102 valence electrons. The highest BCUT2D eigenvalue weighted by Gasteiger charge is 2.24. The summed E-state index contributed by atoms with van der Waals surface area (Å²) in [5.41, 5.74) is 1.67. The maximum Gasteiger partial charge on any atom is 0.257 e. The minimum absolute atomic E-state index is 0.00918. The second-order valence-electron chi connectivity index (χ2n) is 4.83. The number of carbonyl (C=O) groups excluding carboxylic acids is 1. The summed E-state index contributed by atoms with van der Waals surface area (Å²) in [6.45, 7) is 8.87. The van der Waals surface area contributed by atoms with Gasteiger partial charge in [0.15, 0.2) is 0 Å². The van der Waals surface area contributed by atoms with Gasteiger partial charge in [0.05, 0.1) is 18.3 Å². The van der Waals surface area contributed by atoms with Crippen LogP contribution in [0.15, 0.2) is 18.7 Å². The van der Waals surface area contributed by atoms with Crippen molar-refractivity contribution in [2.75, 3.05) is 19.7 Å². The monoisotopic (exact) mass is 263 g/mol. The maximum absolute atomic E-state index is 14.0. The van der Waals surface area contributed by atoms with Gasteiger partial charge < -0.3 is 9.64 Å². The molecule has 1 atom stereocenters. The molecular formula is C15H18FNO2. The quantitative estimate of drug-likeness (QED) is 0.821. The molecule has 3 nitrogen and oxygen atoms in total. The van der Waals surface area contributed by atoms with E-state index in [-0.39, 0.29) is 17.6 Å². The first-order valence-electron chi connectivity index (χ1n) is 6.36. The van der Waals surface area contributed by atoms with Crippen LogP contribution in [0, 0.1) is 12.7 Å². The fourth-order valence-corrected chi connectivity index (χ4v) is 2.25. The standard InChI is InChI=1S/C15H18FNO2/c1-4-12-8-13(14(16)7-10(12)2)15(18)17-5-6-19-11(3)9-17/h4,7-8,11H,1,5-6,9H2,2-3H3/t11-/m0/s1. The van der Waals surface area contributed by atoms with Crippen molar-refractivity contribution in [1.29, 1.82) is 0 Å². The van der Waals surface area contributed by atoms with E-state index >= 15 is 0 Å². The Morgan fingerprint density at radius 2 is 2.32 bits per heavy atom. The van der Waals surface area contributed by atoms with Crippen LogP contribution in [0.2, 0.25) is 0 Å². The van der Waals surface area contributed by atoms with E-state index in [0.29, 0.717) is 19.7 Å². The van der Waals surface area contributed by atoms with E-state index in [0.717, 1.165) is 11.1 Å². The topological polar surface area (TPSA) is 29.5 Å². The first-order valence-corrected chi connectivity index (χ1v) is 6.36. The van der Waals surface area contributed by atoms with Crippen LogP contribution in [-0.4, -0.2) is 36.6 Å². The van der Waals surface area contributed by atoms with Crippen molar-refractivity contribution in [2.24, 2.45) is 0 Å². The molecule has 0 bridgehead atoms. The SMILES string of the molecule is C=Cc1cc(C(=O)N2CCO[C@@H](C)C2)c(F)cc1C. The lowest BCUT2D eigenvalue weighted by atomic mass is 10.0. The molecule has 0 unspecified atom stereocenters. The molecule has 0 spiro atoms. The number of ether oxygens (including phenoxy) is 1. The van der Waals surface area contributed by atoms with E-state index in [1.165, 1.54) is 6.07 Å². The van der Waals surface area contributed by atoms with Crippen molar-refractivity contribution in [1.82, 2.24) is 4.90 Å². The second kappa shape index (κ2) is 5.53. The molecule has 2 rings (SSSR count). The van der Waals surface area contributed by atoms with Crippen molar-refractivity contribution in [2.45, 2.75) is 20.0 Å². The Morgan fingerprint density at radius 3 is 2.95 bits per heavy atom. The van der Waals surface area contributed by atoms with Crippen molar-refractivity contribution in [3.63, 3.8) is 0 Å². The normalized spacial score (nSPS) is 19.3. The molecular weight excluding hydrogens is 245 g/mol. The average molecular weight is 263 g/mol. The molecule has 0 aromatic heterocycles. The van der Waals surface area contributed by atoms with Gasteiger partial charge in [-0.05, 0) is 37.1 Å². The Hall–Kier alpha value is -1.68. The fraction of sp³-hybridized carbons (Fsp3) is 0.400. The highest BCUT2D eigenvalue weighted by atomic mass is 19.1. The lowest BCUT2D eigenvalue weighted by molar-refractivity contribution is -0.0125. The number of nitrogens with zero attached hydrogens (tertiary/aromatic N) is 1. The van der Waals surface area contributed by atoms with E-state index in [2.05, 4.69) is 6.58 Å². The summed E-state index contributed by atoms with van der Waals surface area (Å²) in [6, 6.07) is 2.95. The predicted octanol–water partition coefficient (Wildman–Crippen LogP) is 2.64. The summed E-state index contributed by atoms with van der Waals surface area (Å²) in [5.74, 6) is -0.761. The first-order chi connectivity index (χ1) is 9.02. The molecule has 1 fully saturated rings. The zero-order valence-electron chi connectivity index (χ0n) is 11.3. The van der Waals surface area contributed by atoms with Gasteiger partial charge in [0.2, 0.25) is 0 Å². The maximum atomic E-state index is 14.0. The van der Waals surface area contributed by atoms with Crippen LogP contribution < -0.4 is 0 Å². The molecule has 1 aromatic carbocycles. The van der Waals surface area contributed by atoms with E-state index in [4.69, 9.17) is 4.74 Å². The largest absolute Gasteiger partial charge is 0.375 e. The van der Waals surface area contributed by atoms with E-state index in [1.54, 1.807) is 24.0 Å².